The Morgan fingerprint density at radius 3 is 2.71 bits per heavy atom. The van der Waals surface area contributed by atoms with Crippen LogP contribution in [0.1, 0.15) is 23.5 Å². The largest absolute Gasteiger partial charge is 0.423 e. The lowest BCUT2D eigenvalue weighted by Gasteiger charge is -2.21. The first kappa shape index (κ1) is 8.34. The van der Waals surface area contributed by atoms with Crippen LogP contribution in [0.5, 0.6) is 0 Å². The molecule has 0 radical (unpaired) electrons. The molecule has 0 spiro atoms. The molecule has 1 aromatic carbocycles. The molecule has 2 aromatic rings. The second-order valence-electron chi connectivity index (χ2n) is 3.82. The SMILES string of the molecule is [2H]c1cc2c(C)c([2H])c(=O)oc2c([2H])c1N(CC)CC. The van der Waals surface area contributed by atoms with E-state index >= 15 is 0 Å². The maximum absolute atomic E-state index is 11.6. The Balaban J connectivity index is 2.89. The van der Waals surface area contributed by atoms with Gasteiger partial charge in [-0.2, -0.15) is 0 Å². The molecule has 0 amide bonds. The zero-order chi connectivity index (χ0) is 15.0. The van der Waals surface area contributed by atoms with Gasteiger partial charge < -0.3 is 9.32 Å². The fourth-order valence-corrected chi connectivity index (χ4v) is 1.82. The van der Waals surface area contributed by atoms with Gasteiger partial charge in [-0.3, -0.25) is 0 Å². The van der Waals surface area contributed by atoms with Crippen molar-refractivity contribution in [2.45, 2.75) is 20.8 Å². The van der Waals surface area contributed by atoms with E-state index in [-0.39, 0.29) is 23.7 Å². The zero-order valence-electron chi connectivity index (χ0n) is 13.3. The summed E-state index contributed by atoms with van der Waals surface area (Å²) in [6, 6.07) is 1.60. The van der Waals surface area contributed by atoms with Crippen molar-refractivity contribution in [3.63, 3.8) is 0 Å². The predicted molar refractivity (Wildman–Crippen MR) is 70.8 cm³/mol. The molecule has 0 bridgehead atoms. The van der Waals surface area contributed by atoms with Gasteiger partial charge in [-0.05, 0) is 38.4 Å². The molecule has 3 heteroatoms. The van der Waals surface area contributed by atoms with Gasteiger partial charge in [0.15, 0.2) is 0 Å². The van der Waals surface area contributed by atoms with Crippen molar-refractivity contribution in [3.8, 4) is 0 Å². The van der Waals surface area contributed by atoms with Gasteiger partial charge in [0.1, 0.15) is 5.58 Å². The summed E-state index contributed by atoms with van der Waals surface area (Å²) in [5.41, 5.74) is 0.320. The van der Waals surface area contributed by atoms with Crippen molar-refractivity contribution in [3.05, 3.63) is 40.2 Å². The van der Waals surface area contributed by atoms with Crippen LogP contribution in [0.4, 0.5) is 5.69 Å². The lowest BCUT2D eigenvalue weighted by molar-refractivity contribution is 0.560. The topological polar surface area (TPSA) is 33.5 Å². The molecule has 0 unspecified atom stereocenters. The maximum atomic E-state index is 11.6. The van der Waals surface area contributed by atoms with Crippen LogP contribution in [-0.4, -0.2) is 13.1 Å². The van der Waals surface area contributed by atoms with Gasteiger partial charge in [-0.25, -0.2) is 4.79 Å². The van der Waals surface area contributed by atoms with E-state index in [1.54, 1.807) is 13.0 Å². The zero-order valence-corrected chi connectivity index (χ0v) is 10.3. The van der Waals surface area contributed by atoms with Crippen LogP contribution < -0.4 is 10.5 Å². The highest BCUT2D eigenvalue weighted by molar-refractivity contribution is 5.83. The van der Waals surface area contributed by atoms with Gasteiger partial charge in [0, 0.05) is 36.2 Å². The molecule has 90 valence electrons. The van der Waals surface area contributed by atoms with E-state index in [9.17, 15) is 4.79 Å². The number of anilines is 1. The molecule has 17 heavy (non-hydrogen) atoms. The van der Waals surface area contributed by atoms with E-state index in [0.717, 1.165) is 0 Å². The molecule has 0 aliphatic heterocycles. The minimum absolute atomic E-state index is 0.0383. The van der Waals surface area contributed by atoms with Crippen molar-refractivity contribution in [1.29, 1.82) is 0 Å². The van der Waals surface area contributed by atoms with E-state index in [0.29, 0.717) is 29.7 Å². The number of nitrogens with zero attached hydrogens (tertiary/aromatic N) is 1. The van der Waals surface area contributed by atoms with Gasteiger partial charge in [0.25, 0.3) is 0 Å². The lowest BCUT2D eigenvalue weighted by atomic mass is 10.1. The summed E-state index contributed by atoms with van der Waals surface area (Å²) < 4.78 is 29.1. The molecule has 1 heterocycles. The molecule has 0 fully saturated rings. The molecule has 1 aromatic heterocycles. The highest BCUT2D eigenvalue weighted by Gasteiger charge is 2.06. The quantitative estimate of drug-likeness (QED) is 0.766. The Hall–Kier alpha value is -1.77. The first-order valence-corrected chi connectivity index (χ1v) is 5.71. The highest BCUT2D eigenvalue weighted by Crippen LogP contribution is 2.23. The summed E-state index contributed by atoms with van der Waals surface area (Å²) in [5.74, 6) is 0. The van der Waals surface area contributed by atoms with Crippen LogP contribution in [0.25, 0.3) is 11.0 Å². The third-order valence-corrected chi connectivity index (χ3v) is 2.80. The second-order valence-corrected chi connectivity index (χ2v) is 3.82. The van der Waals surface area contributed by atoms with E-state index < -0.39 is 5.63 Å². The molecule has 0 saturated carbocycles. The van der Waals surface area contributed by atoms with Gasteiger partial charge >= 0.3 is 5.63 Å². The van der Waals surface area contributed by atoms with Crippen LogP contribution in [0.3, 0.4) is 0 Å². The Morgan fingerprint density at radius 1 is 1.35 bits per heavy atom. The lowest BCUT2D eigenvalue weighted by Crippen LogP contribution is -2.21. The van der Waals surface area contributed by atoms with Gasteiger partial charge in [-0.1, -0.05) is 0 Å². The fourth-order valence-electron chi connectivity index (χ4n) is 1.82. The van der Waals surface area contributed by atoms with Crippen LogP contribution >= 0.6 is 0 Å². The number of aryl methyl sites for hydroxylation is 1. The molecular weight excluding hydrogens is 214 g/mol. The van der Waals surface area contributed by atoms with Crippen LogP contribution in [0.2, 0.25) is 0 Å². The molecular formula is C14H17NO2. The molecule has 0 N–H and O–H groups in total. The third-order valence-electron chi connectivity index (χ3n) is 2.80. The summed E-state index contributed by atoms with van der Waals surface area (Å²) >= 11 is 0. The monoisotopic (exact) mass is 234 g/mol. The van der Waals surface area contributed by atoms with Crippen LogP contribution in [0, 0.1) is 6.92 Å². The average molecular weight is 234 g/mol. The number of rotatable bonds is 3. The van der Waals surface area contributed by atoms with Gasteiger partial charge in [0.05, 0.1) is 4.11 Å². The van der Waals surface area contributed by atoms with Gasteiger partial charge in [-0.15, -0.1) is 0 Å². The molecule has 0 aliphatic carbocycles. The summed E-state index contributed by atoms with van der Waals surface area (Å²) in [4.78, 5) is 13.5. The number of benzene rings is 1. The number of hydrogen-bond donors (Lipinski definition) is 0. The summed E-state index contributed by atoms with van der Waals surface area (Å²) in [6.07, 6.45) is 0. The van der Waals surface area contributed by atoms with E-state index in [4.69, 9.17) is 8.53 Å². The Morgan fingerprint density at radius 2 is 2.06 bits per heavy atom. The smallest absolute Gasteiger partial charge is 0.336 e. The fraction of sp³-hybridized carbons (Fsp3) is 0.357. The van der Waals surface area contributed by atoms with Crippen molar-refractivity contribution >= 4 is 16.7 Å². The van der Waals surface area contributed by atoms with E-state index in [1.807, 2.05) is 18.7 Å². The molecule has 0 aliphatic rings. The van der Waals surface area contributed by atoms with Crippen LogP contribution in [-0.2, 0) is 0 Å². The molecule has 0 saturated heterocycles. The predicted octanol–water partition coefficient (Wildman–Crippen LogP) is 2.95. The van der Waals surface area contributed by atoms with Crippen LogP contribution in [0.15, 0.2) is 33.4 Å². The van der Waals surface area contributed by atoms with Crippen molar-refractivity contribution in [2.24, 2.45) is 0 Å². The maximum Gasteiger partial charge on any atom is 0.336 e. The number of fused-ring (bicyclic) bond motifs is 1. The first-order valence-electron chi connectivity index (χ1n) is 7.21. The van der Waals surface area contributed by atoms with Crippen molar-refractivity contribution < 1.29 is 8.53 Å². The summed E-state index contributed by atoms with van der Waals surface area (Å²) in [5, 5.41) is 0.487. The van der Waals surface area contributed by atoms with E-state index in [2.05, 4.69) is 0 Å². The standard InChI is InChI=1S/C14H17NO2/c1-4-15(5-2)11-6-7-12-10(3)8-14(16)17-13(12)9-11/h6-9H,4-5H2,1-3H3/i6D,8D,9D. The Labute approximate surface area is 105 Å². The third kappa shape index (κ3) is 2.18. The van der Waals surface area contributed by atoms with E-state index in [1.165, 1.54) is 0 Å². The summed E-state index contributed by atoms with van der Waals surface area (Å²) in [6.45, 7) is 6.86. The van der Waals surface area contributed by atoms with Gasteiger partial charge in [0.2, 0.25) is 0 Å². The first-order chi connectivity index (χ1) is 9.42. The minimum atomic E-state index is -0.744. The van der Waals surface area contributed by atoms with Crippen molar-refractivity contribution in [1.82, 2.24) is 0 Å². The summed E-state index contributed by atoms with van der Waals surface area (Å²) in [7, 11) is 0. The highest BCUT2D eigenvalue weighted by atomic mass is 16.4. The Bertz CT molecular complexity index is 721. The second kappa shape index (κ2) is 4.62. The Kier molecular flexibility index (Phi) is 2.26. The normalized spacial score (nSPS) is 13.2. The molecule has 3 nitrogen and oxygen atoms in total. The van der Waals surface area contributed by atoms with Crippen molar-refractivity contribution in [2.75, 3.05) is 18.0 Å². The molecule has 0 atom stereocenters. The molecule has 2 rings (SSSR count). The minimum Gasteiger partial charge on any atom is -0.423 e. The number of hydrogen-bond acceptors (Lipinski definition) is 3. The average Bonchev–Trinajstić information content (AvgIpc) is 2.42.